The lowest BCUT2D eigenvalue weighted by Crippen LogP contribution is -2.56. The van der Waals surface area contributed by atoms with Gasteiger partial charge in [0.05, 0.1) is 41.4 Å². The molecule has 7 aromatic carbocycles. The smallest absolute Gasteiger partial charge is 0.329 e. The fourth-order valence-corrected chi connectivity index (χ4v) is 11.1. The molecule has 4 amide bonds. The number of carbonyl (C=O) groups excluding carboxylic acids is 4. The van der Waals surface area contributed by atoms with Gasteiger partial charge in [-0.2, -0.15) is 0 Å². The molecule has 1 aromatic heterocycles. The highest BCUT2D eigenvalue weighted by molar-refractivity contribution is 6.24. The van der Waals surface area contributed by atoms with Crippen LogP contribution in [0, 0.1) is 17.8 Å². The Morgan fingerprint density at radius 2 is 1.37 bits per heavy atom. The van der Waals surface area contributed by atoms with Gasteiger partial charge < -0.3 is 25.6 Å². The van der Waals surface area contributed by atoms with Gasteiger partial charge in [-0.3, -0.25) is 19.3 Å². The zero-order valence-electron chi connectivity index (χ0n) is 39.5. The summed E-state index contributed by atoms with van der Waals surface area (Å²) in [5.41, 5.74) is 3.52. The molecule has 0 aliphatic carbocycles. The molecule has 73 heavy (non-hydrogen) atoms. The maximum atomic E-state index is 16.7. The minimum atomic E-state index is -2.09. The van der Waals surface area contributed by atoms with Crippen molar-refractivity contribution in [3.05, 3.63) is 227 Å². The van der Waals surface area contributed by atoms with Crippen molar-refractivity contribution in [2.24, 2.45) is 5.92 Å². The lowest BCUT2D eigenvalue weighted by molar-refractivity contribution is -0.178. The molecule has 3 aliphatic rings. The predicted octanol–water partition coefficient (Wildman–Crippen LogP) is 8.17. The molecular formula is C59H49N7O7. The number of aliphatic hydroxyl groups excluding tert-OH is 1. The second kappa shape index (κ2) is 19.4. The first-order valence-electron chi connectivity index (χ1n) is 24.1. The minimum Gasteiger partial charge on any atom is -0.508 e. The number of hydrogen-bond donors (Lipinski definition) is 4. The van der Waals surface area contributed by atoms with E-state index in [9.17, 15) is 10.2 Å². The third kappa shape index (κ3) is 8.24. The van der Waals surface area contributed by atoms with Gasteiger partial charge in [0, 0.05) is 12.1 Å². The number of para-hydroxylation sites is 1. The number of aromatic hydroxyl groups is 1. The predicted molar refractivity (Wildman–Crippen MR) is 272 cm³/mol. The number of carbonyl (C=O) groups is 4. The van der Waals surface area contributed by atoms with Crippen LogP contribution >= 0.6 is 0 Å². The van der Waals surface area contributed by atoms with Crippen LogP contribution in [0.25, 0.3) is 11.0 Å². The number of nitrogens with zero attached hydrogens (tertiary/aromatic N) is 5. The van der Waals surface area contributed by atoms with E-state index < -0.39 is 71.5 Å². The molecule has 2 saturated heterocycles. The van der Waals surface area contributed by atoms with Crippen molar-refractivity contribution in [2.75, 3.05) is 11.4 Å². The molecule has 1 spiro atoms. The quantitative estimate of drug-likeness (QED) is 0.0772. The van der Waals surface area contributed by atoms with Crippen LogP contribution in [0.5, 0.6) is 5.75 Å². The summed E-state index contributed by atoms with van der Waals surface area (Å²) in [5.74, 6) is 2.53. The monoisotopic (exact) mass is 967 g/mol. The number of rotatable bonds is 10. The molecule has 4 N–H and O–H groups in total. The minimum absolute atomic E-state index is 0.0526. The average molecular weight is 968 g/mol. The molecule has 8 aromatic rings. The number of imide groups is 1. The largest absolute Gasteiger partial charge is 0.508 e. The lowest BCUT2D eigenvalue weighted by atomic mass is 9.65. The summed E-state index contributed by atoms with van der Waals surface area (Å²) in [4.78, 5) is 66.1. The molecular weight excluding hydrogens is 919 g/mol. The second-order valence-corrected chi connectivity index (χ2v) is 18.5. The van der Waals surface area contributed by atoms with E-state index in [1.54, 1.807) is 59.3 Å². The van der Waals surface area contributed by atoms with Crippen LogP contribution in [0.1, 0.15) is 76.2 Å². The standard InChI is InChI=1S/C59H49N7O7/c1-37(39-18-6-2-7-19-39)61-58(72)65-47-33-28-38(17-16-34-64-48-27-15-14-26-46(48)62-63-64)35-45(47)59(57(65)71)50(55(69)60-36-49(68)40-20-8-3-9-21-40)52-56(70)73-53(42-24-12-5-13-25-42)51(41-22-10-4-11-23-41)66(52)54(59)43-29-31-44(67)32-30-43/h2-15,18-33,35,37,49-54,67-68H,34,36H2,1H3,(H,60,69)(H,61,72)/t37-,49+,50+,51+,52+,53-,54-,59+/m1/s1. The number of fused-ring (bicyclic) bond motifs is 4. The Balaban J connectivity index is 1.15. The first-order chi connectivity index (χ1) is 35.6. The Morgan fingerprint density at radius 1 is 0.740 bits per heavy atom. The average Bonchev–Trinajstić information content (AvgIpc) is 4.10. The molecule has 14 heteroatoms. The van der Waals surface area contributed by atoms with Crippen LogP contribution in [-0.2, 0) is 31.1 Å². The van der Waals surface area contributed by atoms with Gasteiger partial charge in [-0.05, 0) is 82.8 Å². The molecule has 2 fully saturated rings. The van der Waals surface area contributed by atoms with Gasteiger partial charge >= 0.3 is 12.0 Å². The van der Waals surface area contributed by atoms with Crippen LogP contribution in [0.15, 0.2) is 188 Å². The van der Waals surface area contributed by atoms with Crippen LogP contribution in [0.2, 0.25) is 0 Å². The number of urea groups is 1. The number of phenols is 1. The molecule has 11 rings (SSSR count). The van der Waals surface area contributed by atoms with E-state index in [0.29, 0.717) is 27.8 Å². The SMILES string of the molecule is C[C@@H](NC(=O)N1C(=O)[C@@]2(c3cc(C#CCn4nnc5ccccc54)ccc31)[C@H](C(=O)NC[C@H](O)c1ccccc1)[C@H]1C(=O)O[C@H](c3ccccc3)[C@H](c3ccccc3)N1[C@@H]2c1ccc(O)cc1)c1ccccc1. The topological polar surface area (TPSA) is 179 Å². The summed E-state index contributed by atoms with van der Waals surface area (Å²) in [6.07, 6.45) is -2.11. The first-order valence-corrected chi connectivity index (χ1v) is 24.1. The summed E-state index contributed by atoms with van der Waals surface area (Å²) in [7, 11) is 0. The third-order valence-corrected chi connectivity index (χ3v) is 14.3. The fraction of sp³-hybridized carbons (Fsp3) is 0.186. The molecule has 8 atom stereocenters. The molecule has 4 heterocycles. The van der Waals surface area contributed by atoms with E-state index in [1.165, 1.54) is 12.1 Å². The summed E-state index contributed by atoms with van der Waals surface area (Å²) in [6, 6.07) is 51.1. The highest BCUT2D eigenvalue weighted by atomic mass is 16.6. The molecule has 0 unspecified atom stereocenters. The number of aromatic nitrogens is 3. The number of aliphatic hydroxyl groups is 1. The van der Waals surface area contributed by atoms with E-state index in [2.05, 4.69) is 32.8 Å². The maximum absolute atomic E-state index is 16.7. The summed E-state index contributed by atoms with van der Waals surface area (Å²) < 4.78 is 8.27. The number of morpholine rings is 1. The number of cyclic esters (lactones) is 1. The number of nitrogens with one attached hydrogen (secondary N) is 2. The molecule has 0 saturated carbocycles. The number of ether oxygens (including phenoxy) is 1. The van der Waals surface area contributed by atoms with Gasteiger partial charge in [-0.1, -0.05) is 163 Å². The van der Waals surface area contributed by atoms with Crippen molar-refractivity contribution in [2.45, 2.75) is 55.3 Å². The number of amides is 4. The highest BCUT2D eigenvalue weighted by Gasteiger charge is 2.75. The van der Waals surface area contributed by atoms with Gasteiger partial charge in [0.2, 0.25) is 11.8 Å². The molecule has 3 aliphatic heterocycles. The molecule has 362 valence electrons. The summed E-state index contributed by atoms with van der Waals surface area (Å²) >= 11 is 0. The first kappa shape index (κ1) is 46.5. The van der Waals surface area contributed by atoms with Crippen molar-refractivity contribution in [3.8, 4) is 17.6 Å². The zero-order valence-corrected chi connectivity index (χ0v) is 39.5. The molecule has 0 radical (unpaired) electrons. The Kier molecular flexibility index (Phi) is 12.3. The van der Waals surface area contributed by atoms with Gasteiger partial charge in [0.1, 0.15) is 35.4 Å². The molecule has 14 nitrogen and oxygen atoms in total. The van der Waals surface area contributed by atoms with Gasteiger partial charge in [-0.15, -0.1) is 5.10 Å². The maximum Gasteiger partial charge on any atom is 0.329 e. The van der Waals surface area contributed by atoms with E-state index in [4.69, 9.17) is 4.74 Å². The van der Waals surface area contributed by atoms with Crippen LogP contribution in [0.3, 0.4) is 0 Å². The normalized spacial score (nSPS) is 21.9. The van der Waals surface area contributed by atoms with Crippen LogP contribution in [0.4, 0.5) is 10.5 Å². The van der Waals surface area contributed by atoms with Crippen molar-refractivity contribution in [1.29, 1.82) is 0 Å². The Bertz CT molecular complexity index is 3420. The zero-order chi connectivity index (χ0) is 50.2. The van der Waals surface area contributed by atoms with Crippen molar-refractivity contribution >= 4 is 40.5 Å². The van der Waals surface area contributed by atoms with Gasteiger partial charge in [0.15, 0.2) is 0 Å². The number of anilines is 1. The Hall–Kier alpha value is -8.90. The van der Waals surface area contributed by atoms with E-state index in [1.807, 2.05) is 133 Å². The number of benzene rings is 7. The number of hydrogen-bond acceptors (Lipinski definition) is 10. The summed E-state index contributed by atoms with van der Waals surface area (Å²) in [5, 5.41) is 36.9. The van der Waals surface area contributed by atoms with Crippen molar-refractivity contribution < 1.29 is 34.1 Å². The van der Waals surface area contributed by atoms with Crippen LogP contribution < -0.4 is 15.5 Å². The van der Waals surface area contributed by atoms with Gasteiger partial charge in [0.25, 0.3) is 0 Å². The van der Waals surface area contributed by atoms with Gasteiger partial charge in [-0.25, -0.2) is 14.4 Å². The van der Waals surface area contributed by atoms with E-state index >= 15 is 19.2 Å². The molecule has 0 bridgehead atoms. The Morgan fingerprint density at radius 3 is 2.07 bits per heavy atom. The van der Waals surface area contributed by atoms with Crippen molar-refractivity contribution in [3.63, 3.8) is 0 Å². The van der Waals surface area contributed by atoms with E-state index in [0.717, 1.165) is 21.5 Å². The second-order valence-electron chi connectivity index (χ2n) is 18.5. The summed E-state index contributed by atoms with van der Waals surface area (Å²) in [6.45, 7) is 1.70. The fourth-order valence-electron chi connectivity index (χ4n) is 11.1. The van der Waals surface area contributed by atoms with Crippen molar-refractivity contribution in [1.82, 2.24) is 30.5 Å². The highest BCUT2D eigenvalue weighted by Crippen LogP contribution is 2.66. The third-order valence-electron chi connectivity index (χ3n) is 14.3. The number of phenolic OH excluding ortho intramolecular Hbond substituents is 1. The van der Waals surface area contributed by atoms with E-state index in [-0.39, 0.29) is 30.1 Å². The number of esters is 1. The Labute approximate surface area is 420 Å². The lowest BCUT2D eigenvalue weighted by Gasteiger charge is -2.46. The van der Waals surface area contributed by atoms with Crippen LogP contribution in [-0.4, -0.2) is 66.5 Å².